The zero-order valence-electron chi connectivity index (χ0n) is 16.1. The second kappa shape index (κ2) is 7.51. The van der Waals surface area contributed by atoms with Crippen LogP contribution in [0.5, 0.6) is 0 Å². The number of aromatic nitrogens is 3. The molecule has 144 valence electrons. The smallest absolute Gasteiger partial charge is 0.253 e. The van der Waals surface area contributed by atoms with Gasteiger partial charge in [0.25, 0.3) is 5.91 Å². The van der Waals surface area contributed by atoms with Crippen molar-refractivity contribution in [2.24, 2.45) is 0 Å². The Bertz CT molecular complexity index is 1130. The van der Waals surface area contributed by atoms with E-state index in [2.05, 4.69) is 26.7 Å². The number of piperidine rings is 1. The fourth-order valence-electron chi connectivity index (χ4n) is 4.10. The van der Waals surface area contributed by atoms with Crippen LogP contribution in [0.4, 0.5) is 0 Å². The van der Waals surface area contributed by atoms with Crippen molar-refractivity contribution in [2.75, 3.05) is 13.1 Å². The lowest BCUT2D eigenvalue weighted by molar-refractivity contribution is 0.0711. The van der Waals surface area contributed by atoms with Gasteiger partial charge in [-0.2, -0.15) is 0 Å². The molecule has 4 aromatic rings. The lowest BCUT2D eigenvalue weighted by Crippen LogP contribution is -2.38. The van der Waals surface area contributed by atoms with Crippen molar-refractivity contribution in [3.05, 3.63) is 90.4 Å². The first-order valence-electron chi connectivity index (χ1n) is 10.0. The van der Waals surface area contributed by atoms with Crippen LogP contribution in [0.15, 0.2) is 79.0 Å². The first kappa shape index (κ1) is 17.6. The summed E-state index contributed by atoms with van der Waals surface area (Å²) in [5.41, 5.74) is 3.91. The van der Waals surface area contributed by atoms with E-state index in [1.807, 2.05) is 71.8 Å². The number of likely N-dealkylation sites (tertiary alicyclic amines) is 1. The van der Waals surface area contributed by atoms with E-state index in [0.29, 0.717) is 5.92 Å². The third kappa shape index (κ3) is 3.40. The third-order valence-corrected chi connectivity index (χ3v) is 5.73. The van der Waals surface area contributed by atoms with Gasteiger partial charge in [0, 0.05) is 30.8 Å². The summed E-state index contributed by atoms with van der Waals surface area (Å²) < 4.78 is 2.06. The van der Waals surface area contributed by atoms with E-state index in [1.165, 1.54) is 0 Å². The predicted octanol–water partition coefficient (Wildman–Crippen LogP) is 4.42. The fourth-order valence-corrected chi connectivity index (χ4v) is 4.10. The van der Waals surface area contributed by atoms with Crippen LogP contribution in [-0.4, -0.2) is 38.5 Å². The largest absolute Gasteiger partial charge is 0.339 e. The quantitative estimate of drug-likeness (QED) is 0.527. The van der Waals surface area contributed by atoms with Crippen LogP contribution in [0, 0.1) is 0 Å². The molecule has 1 saturated heterocycles. The highest BCUT2D eigenvalue weighted by atomic mass is 16.2. The third-order valence-electron chi connectivity index (χ3n) is 5.73. The number of amides is 1. The predicted molar refractivity (Wildman–Crippen MR) is 113 cm³/mol. The van der Waals surface area contributed by atoms with E-state index in [0.717, 1.165) is 54.1 Å². The van der Waals surface area contributed by atoms with E-state index in [1.54, 1.807) is 0 Å². The van der Waals surface area contributed by atoms with Gasteiger partial charge < -0.3 is 4.90 Å². The summed E-state index contributed by atoms with van der Waals surface area (Å²) >= 11 is 0. The average molecular weight is 382 g/mol. The van der Waals surface area contributed by atoms with Crippen LogP contribution in [0.2, 0.25) is 0 Å². The molecule has 5 rings (SSSR count). The fraction of sp³-hybridized carbons (Fsp3) is 0.208. The van der Waals surface area contributed by atoms with Gasteiger partial charge in [0.05, 0.1) is 0 Å². The molecule has 5 heteroatoms. The molecule has 3 heterocycles. The lowest BCUT2D eigenvalue weighted by atomic mass is 9.95. The molecule has 0 saturated carbocycles. The number of pyridine rings is 1. The van der Waals surface area contributed by atoms with Crippen molar-refractivity contribution in [2.45, 2.75) is 18.8 Å². The minimum atomic E-state index is 0.106. The number of benzene rings is 2. The molecule has 0 bridgehead atoms. The standard InChI is InChI=1S/C24H22N4O/c29-24(21-11-9-19(10-12-21)18-6-2-1-3-7-18)27-16-13-20(14-17-27)23-26-25-22-8-4-5-15-28(22)23/h1-12,15,20H,13-14,16-17H2. The second-order valence-corrected chi connectivity index (χ2v) is 7.50. The minimum Gasteiger partial charge on any atom is -0.339 e. The van der Waals surface area contributed by atoms with E-state index in [9.17, 15) is 4.79 Å². The number of rotatable bonds is 3. The maximum absolute atomic E-state index is 12.9. The highest BCUT2D eigenvalue weighted by Crippen LogP contribution is 2.28. The molecule has 1 fully saturated rings. The number of carbonyl (C=O) groups excluding carboxylic acids is 1. The zero-order chi connectivity index (χ0) is 19.6. The SMILES string of the molecule is O=C(c1ccc(-c2ccccc2)cc1)N1CCC(c2nnc3ccccn23)CC1. The summed E-state index contributed by atoms with van der Waals surface area (Å²) in [5, 5.41) is 8.66. The van der Waals surface area contributed by atoms with Crippen molar-refractivity contribution in [1.29, 1.82) is 0 Å². The topological polar surface area (TPSA) is 50.5 Å². The Hall–Kier alpha value is -3.47. The van der Waals surface area contributed by atoms with E-state index >= 15 is 0 Å². The van der Waals surface area contributed by atoms with E-state index in [-0.39, 0.29) is 5.91 Å². The van der Waals surface area contributed by atoms with Crippen LogP contribution in [0.3, 0.4) is 0 Å². The first-order chi connectivity index (χ1) is 14.3. The van der Waals surface area contributed by atoms with Gasteiger partial charge in [-0.25, -0.2) is 0 Å². The summed E-state index contributed by atoms with van der Waals surface area (Å²) in [7, 11) is 0. The Morgan fingerprint density at radius 2 is 1.48 bits per heavy atom. The molecule has 2 aromatic carbocycles. The number of carbonyl (C=O) groups is 1. The maximum Gasteiger partial charge on any atom is 0.253 e. The molecule has 1 aliphatic rings. The van der Waals surface area contributed by atoms with Gasteiger partial charge >= 0.3 is 0 Å². The molecule has 0 spiro atoms. The first-order valence-corrected chi connectivity index (χ1v) is 10.0. The monoisotopic (exact) mass is 382 g/mol. The Morgan fingerprint density at radius 3 is 2.24 bits per heavy atom. The van der Waals surface area contributed by atoms with E-state index in [4.69, 9.17) is 0 Å². The summed E-state index contributed by atoms with van der Waals surface area (Å²) in [5.74, 6) is 1.44. The van der Waals surface area contributed by atoms with Crippen LogP contribution >= 0.6 is 0 Å². The average Bonchev–Trinajstić information content (AvgIpc) is 3.24. The number of nitrogens with zero attached hydrogens (tertiary/aromatic N) is 4. The van der Waals surface area contributed by atoms with Crippen molar-refractivity contribution in [1.82, 2.24) is 19.5 Å². The molecule has 0 N–H and O–H groups in total. The molecule has 2 aromatic heterocycles. The molecule has 0 aliphatic carbocycles. The van der Waals surface area contributed by atoms with Gasteiger partial charge in [-0.1, -0.05) is 48.5 Å². The molecule has 0 atom stereocenters. The summed E-state index contributed by atoms with van der Waals surface area (Å²) in [4.78, 5) is 14.9. The van der Waals surface area contributed by atoms with Gasteiger partial charge in [-0.3, -0.25) is 9.20 Å². The zero-order valence-corrected chi connectivity index (χ0v) is 16.1. The van der Waals surface area contributed by atoms with Crippen molar-refractivity contribution in [3.63, 3.8) is 0 Å². The van der Waals surface area contributed by atoms with Crippen LogP contribution < -0.4 is 0 Å². The number of hydrogen-bond acceptors (Lipinski definition) is 3. The number of fused-ring (bicyclic) bond motifs is 1. The van der Waals surface area contributed by atoms with Crippen molar-refractivity contribution in [3.8, 4) is 11.1 Å². The Labute approximate surface area is 169 Å². The molecule has 0 radical (unpaired) electrons. The van der Waals surface area contributed by atoms with Gasteiger partial charge in [0.1, 0.15) is 5.82 Å². The van der Waals surface area contributed by atoms with Crippen molar-refractivity contribution >= 4 is 11.6 Å². The molecule has 1 aliphatic heterocycles. The van der Waals surface area contributed by atoms with Gasteiger partial charge in [-0.15, -0.1) is 10.2 Å². The molecule has 0 unspecified atom stereocenters. The highest BCUT2D eigenvalue weighted by molar-refractivity contribution is 5.94. The van der Waals surface area contributed by atoms with Crippen LogP contribution in [-0.2, 0) is 0 Å². The van der Waals surface area contributed by atoms with Gasteiger partial charge in [0.2, 0.25) is 0 Å². The molecule has 5 nitrogen and oxygen atoms in total. The van der Waals surface area contributed by atoms with E-state index < -0.39 is 0 Å². The van der Waals surface area contributed by atoms with Crippen LogP contribution in [0.25, 0.3) is 16.8 Å². The lowest BCUT2D eigenvalue weighted by Gasteiger charge is -2.31. The minimum absolute atomic E-state index is 0.106. The Kier molecular flexibility index (Phi) is 4.56. The maximum atomic E-state index is 12.9. The summed E-state index contributed by atoms with van der Waals surface area (Å²) in [6.07, 6.45) is 3.82. The van der Waals surface area contributed by atoms with Gasteiger partial charge in [-0.05, 0) is 48.2 Å². The molecular formula is C24H22N4O. The molecule has 1 amide bonds. The van der Waals surface area contributed by atoms with Crippen molar-refractivity contribution < 1.29 is 4.79 Å². The van der Waals surface area contributed by atoms with Gasteiger partial charge in [0.15, 0.2) is 5.65 Å². The van der Waals surface area contributed by atoms with Crippen LogP contribution in [0.1, 0.15) is 34.9 Å². The second-order valence-electron chi connectivity index (χ2n) is 7.50. The highest BCUT2D eigenvalue weighted by Gasteiger charge is 2.27. The Morgan fingerprint density at radius 1 is 0.793 bits per heavy atom. The summed E-state index contributed by atoms with van der Waals surface area (Å²) in [6, 6.07) is 24.1. The molecular weight excluding hydrogens is 360 g/mol. The Balaban J connectivity index is 1.26. The molecule has 29 heavy (non-hydrogen) atoms. The summed E-state index contributed by atoms with van der Waals surface area (Å²) in [6.45, 7) is 1.48. The normalized spacial score (nSPS) is 15.0. The number of hydrogen-bond donors (Lipinski definition) is 0.